The van der Waals surface area contributed by atoms with Gasteiger partial charge >= 0.3 is 12.1 Å². The number of rotatable bonds is 3. The van der Waals surface area contributed by atoms with Crippen molar-refractivity contribution in [1.29, 1.82) is 0 Å². The Labute approximate surface area is 136 Å². The minimum Gasteiger partial charge on any atom is -0.480 e. The minimum absolute atomic E-state index is 0.177. The van der Waals surface area contributed by atoms with Crippen LogP contribution in [0, 0.1) is 11.8 Å². The van der Waals surface area contributed by atoms with Gasteiger partial charge in [-0.15, -0.1) is 0 Å². The summed E-state index contributed by atoms with van der Waals surface area (Å²) in [6.45, 7) is 0.686. The summed E-state index contributed by atoms with van der Waals surface area (Å²) in [5, 5.41) is 9.48. The van der Waals surface area contributed by atoms with Crippen molar-refractivity contribution in [2.24, 2.45) is 11.8 Å². The number of ether oxygens (including phenoxy) is 1. The first kappa shape index (κ1) is 15.8. The number of hydrogen-bond acceptors (Lipinski definition) is 3. The average molecular weight is 317 g/mol. The lowest BCUT2D eigenvalue weighted by atomic mass is 9.73. The zero-order valence-corrected chi connectivity index (χ0v) is 13.2. The van der Waals surface area contributed by atoms with Gasteiger partial charge in [-0.1, -0.05) is 49.6 Å². The second kappa shape index (κ2) is 7.02. The second-order valence-corrected chi connectivity index (χ2v) is 6.59. The Bertz CT molecular complexity index is 559. The first-order chi connectivity index (χ1) is 11.1. The molecule has 3 atom stereocenters. The molecule has 1 aliphatic heterocycles. The molecule has 5 heteroatoms. The highest BCUT2D eigenvalue weighted by molar-refractivity contribution is 5.80. The van der Waals surface area contributed by atoms with E-state index in [1.165, 1.54) is 17.7 Å². The van der Waals surface area contributed by atoms with Gasteiger partial charge in [-0.3, -0.25) is 4.90 Å². The zero-order chi connectivity index (χ0) is 16.2. The van der Waals surface area contributed by atoms with Gasteiger partial charge in [0.05, 0.1) is 0 Å². The summed E-state index contributed by atoms with van der Waals surface area (Å²) in [6.07, 6.45) is 4.56. The predicted octanol–water partition coefficient (Wildman–Crippen LogP) is 3.29. The smallest absolute Gasteiger partial charge is 0.410 e. The molecular formula is C18H23NO4. The Morgan fingerprint density at radius 1 is 1.13 bits per heavy atom. The summed E-state index contributed by atoms with van der Waals surface area (Å²) in [6, 6.07) is 8.69. The van der Waals surface area contributed by atoms with E-state index in [0.717, 1.165) is 18.4 Å². The first-order valence-corrected chi connectivity index (χ1v) is 8.35. The Kier molecular flexibility index (Phi) is 4.84. The van der Waals surface area contributed by atoms with Crippen LogP contribution in [0.1, 0.15) is 37.7 Å². The van der Waals surface area contributed by atoms with Crippen LogP contribution >= 0.6 is 0 Å². The number of nitrogens with zero attached hydrogens (tertiary/aromatic N) is 1. The summed E-state index contributed by atoms with van der Waals surface area (Å²) in [7, 11) is 0. The van der Waals surface area contributed by atoms with Crippen molar-refractivity contribution in [2.45, 2.75) is 44.8 Å². The standard InChI is InChI=1S/C18H23NO4/c20-17(21)16-10-14-8-4-5-9-15(14)11-19(16)18(22)23-12-13-6-2-1-3-7-13/h1-3,6-7,14-16H,4-5,8-12H2,(H,20,21)/t14-,15+,16+/m0/s1. The fraction of sp³-hybridized carbons (Fsp3) is 0.556. The van der Waals surface area contributed by atoms with Crippen molar-refractivity contribution in [3.63, 3.8) is 0 Å². The first-order valence-electron chi connectivity index (χ1n) is 8.35. The molecule has 1 aromatic carbocycles. The number of fused-ring (bicyclic) bond motifs is 1. The Morgan fingerprint density at radius 2 is 1.83 bits per heavy atom. The number of piperidine rings is 1. The van der Waals surface area contributed by atoms with Crippen LogP contribution in [0.15, 0.2) is 30.3 Å². The maximum Gasteiger partial charge on any atom is 0.410 e. The van der Waals surface area contributed by atoms with E-state index in [9.17, 15) is 14.7 Å². The van der Waals surface area contributed by atoms with E-state index in [-0.39, 0.29) is 6.61 Å². The van der Waals surface area contributed by atoms with Gasteiger partial charge in [-0.05, 0) is 30.2 Å². The summed E-state index contributed by atoms with van der Waals surface area (Å²) < 4.78 is 5.35. The molecule has 2 fully saturated rings. The summed E-state index contributed by atoms with van der Waals surface area (Å²) >= 11 is 0. The van der Waals surface area contributed by atoms with E-state index in [1.807, 2.05) is 30.3 Å². The fourth-order valence-electron chi connectivity index (χ4n) is 3.87. The van der Waals surface area contributed by atoms with Gasteiger partial charge in [0.1, 0.15) is 12.6 Å². The molecule has 23 heavy (non-hydrogen) atoms. The maximum atomic E-state index is 12.4. The second-order valence-electron chi connectivity index (χ2n) is 6.59. The molecule has 1 aromatic rings. The van der Waals surface area contributed by atoms with Crippen molar-refractivity contribution >= 4 is 12.1 Å². The highest BCUT2D eigenvalue weighted by Gasteiger charge is 2.42. The van der Waals surface area contributed by atoms with E-state index >= 15 is 0 Å². The van der Waals surface area contributed by atoms with Crippen molar-refractivity contribution in [3.8, 4) is 0 Å². The normalized spacial score (nSPS) is 27.1. The van der Waals surface area contributed by atoms with E-state index in [1.54, 1.807) is 0 Å². The molecule has 1 N–H and O–H groups in total. The summed E-state index contributed by atoms with van der Waals surface area (Å²) in [4.78, 5) is 25.4. The third kappa shape index (κ3) is 3.66. The SMILES string of the molecule is O=C(O)[C@H]1C[C@@H]2CCCC[C@@H]2CN1C(=O)OCc1ccccc1. The number of aliphatic carboxylic acids is 1. The van der Waals surface area contributed by atoms with E-state index in [4.69, 9.17) is 4.74 Å². The number of carbonyl (C=O) groups excluding carboxylic acids is 1. The van der Waals surface area contributed by atoms with Crippen LogP contribution in [0.5, 0.6) is 0 Å². The molecule has 2 aliphatic rings. The van der Waals surface area contributed by atoms with Gasteiger partial charge in [0.15, 0.2) is 0 Å². The van der Waals surface area contributed by atoms with Crippen LogP contribution in [0.3, 0.4) is 0 Å². The van der Waals surface area contributed by atoms with Crippen molar-refractivity contribution < 1.29 is 19.4 Å². The number of benzene rings is 1. The molecule has 1 aliphatic carbocycles. The molecule has 0 unspecified atom stereocenters. The van der Waals surface area contributed by atoms with Gasteiger partial charge in [0, 0.05) is 6.54 Å². The number of amides is 1. The monoisotopic (exact) mass is 317 g/mol. The third-order valence-corrected chi connectivity index (χ3v) is 5.12. The molecule has 0 aromatic heterocycles. The average Bonchev–Trinajstić information content (AvgIpc) is 2.59. The number of hydrogen-bond donors (Lipinski definition) is 1. The van der Waals surface area contributed by atoms with Crippen molar-refractivity contribution in [3.05, 3.63) is 35.9 Å². The van der Waals surface area contributed by atoms with E-state index in [2.05, 4.69) is 0 Å². The molecule has 1 saturated heterocycles. The molecule has 3 rings (SSSR count). The lowest BCUT2D eigenvalue weighted by Gasteiger charge is -2.43. The molecule has 0 spiro atoms. The lowest BCUT2D eigenvalue weighted by molar-refractivity contribution is -0.146. The molecule has 0 bridgehead atoms. The highest BCUT2D eigenvalue weighted by atomic mass is 16.6. The van der Waals surface area contributed by atoms with Gasteiger partial charge in [-0.25, -0.2) is 9.59 Å². The quantitative estimate of drug-likeness (QED) is 0.929. The van der Waals surface area contributed by atoms with Gasteiger partial charge in [0.25, 0.3) is 0 Å². The molecule has 124 valence electrons. The van der Waals surface area contributed by atoms with Crippen LogP contribution in [-0.2, 0) is 16.1 Å². The third-order valence-electron chi connectivity index (χ3n) is 5.12. The van der Waals surface area contributed by atoms with Crippen LogP contribution < -0.4 is 0 Å². The molecule has 5 nitrogen and oxygen atoms in total. The molecule has 1 heterocycles. The molecule has 0 radical (unpaired) electrons. The lowest BCUT2D eigenvalue weighted by Crippen LogP contribution is -2.54. The topological polar surface area (TPSA) is 66.8 Å². The predicted molar refractivity (Wildman–Crippen MR) is 84.8 cm³/mol. The zero-order valence-electron chi connectivity index (χ0n) is 13.2. The van der Waals surface area contributed by atoms with Gasteiger partial charge in [-0.2, -0.15) is 0 Å². The Hall–Kier alpha value is -2.04. The van der Waals surface area contributed by atoms with Crippen LogP contribution in [0.2, 0.25) is 0 Å². The van der Waals surface area contributed by atoms with Gasteiger partial charge in [0.2, 0.25) is 0 Å². The van der Waals surface area contributed by atoms with Crippen LogP contribution in [0.25, 0.3) is 0 Å². The van der Waals surface area contributed by atoms with Crippen LogP contribution in [0.4, 0.5) is 4.79 Å². The number of likely N-dealkylation sites (tertiary alicyclic amines) is 1. The largest absolute Gasteiger partial charge is 0.480 e. The maximum absolute atomic E-state index is 12.4. The van der Waals surface area contributed by atoms with E-state index in [0.29, 0.717) is 24.8 Å². The Balaban J connectivity index is 1.65. The van der Waals surface area contributed by atoms with Crippen molar-refractivity contribution in [1.82, 2.24) is 4.90 Å². The summed E-state index contributed by atoms with van der Waals surface area (Å²) in [5.74, 6) is -0.0719. The summed E-state index contributed by atoms with van der Waals surface area (Å²) in [5.41, 5.74) is 0.903. The molecular weight excluding hydrogens is 294 g/mol. The number of carboxylic acid groups (broad SMARTS) is 1. The minimum atomic E-state index is -0.925. The van der Waals surface area contributed by atoms with Crippen molar-refractivity contribution in [2.75, 3.05) is 6.54 Å². The number of carbonyl (C=O) groups is 2. The van der Waals surface area contributed by atoms with Gasteiger partial charge < -0.3 is 9.84 Å². The Morgan fingerprint density at radius 3 is 2.52 bits per heavy atom. The molecule has 1 amide bonds. The number of carboxylic acids is 1. The fourth-order valence-corrected chi connectivity index (χ4v) is 3.87. The van der Waals surface area contributed by atoms with Crippen LogP contribution in [-0.4, -0.2) is 34.7 Å². The highest BCUT2D eigenvalue weighted by Crippen LogP contribution is 2.38. The van der Waals surface area contributed by atoms with E-state index < -0.39 is 18.1 Å². The molecule has 1 saturated carbocycles.